The molecular formula is C22H19NO3S. The zero-order valence-electron chi connectivity index (χ0n) is 14.7. The molecule has 5 heteroatoms. The third-order valence-corrected chi connectivity index (χ3v) is 5.57. The Hall–Kier alpha value is -2.79. The summed E-state index contributed by atoms with van der Waals surface area (Å²) in [4.78, 5) is 22.9. The molecule has 4 nitrogen and oxygen atoms in total. The molecule has 0 bridgehead atoms. The van der Waals surface area contributed by atoms with Crippen molar-refractivity contribution in [2.75, 3.05) is 6.61 Å². The van der Waals surface area contributed by atoms with Gasteiger partial charge in [-0.2, -0.15) is 0 Å². The summed E-state index contributed by atoms with van der Waals surface area (Å²) >= 11 is 1.05. The number of benzene rings is 3. The van der Waals surface area contributed by atoms with Crippen molar-refractivity contribution in [3.8, 4) is 5.75 Å². The molecule has 1 unspecified atom stereocenters. The highest BCUT2D eigenvalue weighted by atomic mass is 32.2. The van der Waals surface area contributed by atoms with E-state index in [2.05, 4.69) is 35.6 Å². The van der Waals surface area contributed by atoms with Crippen LogP contribution in [-0.2, 0) is 17.6 Å². The lowest BCUT2D eigenvalue weighted by atomic mass is 10.1. The Labute approximate surface area is 161 Å². The lowest BCUT2D eigenvalue weighted by Crippen LogP contribution is -2.25. The highest BCUT2D eigenvalue weighted by Crippen LogP contribution is 2.24. The van der Waals surface area contributed by atoms with Gasteiger partial charge in [0.05, 0.1) is 11.9 Å². The first kappa shape index (κ1) is 17.6. The van der Waals surface area contributed by atoms with Crippen LogP contribution in [0.5, 0.6) is 5.75 Å². The second kappa shape index (κ2) is 7.84. The molecule has 3 aromatic rings. The lowest BCUT2D eigenvalue weighted by Gasteiger charge is -2.09. The van der Waals surface area contributed by atoms with E-state index in [1.807, 2.05) is 36.4 Å². The van der Waals surface area contributed by atoms with Gasteiger partial charge in [-0.05, 0) is 40.5 Å². The van der Waals surface area contributed by atoms with Crippen molar-refractivity contribution < 1.29 is 14.3 Å². The normalized spacial score (nSPS) is 16.5. The quantitative estimate of drug-likeness (QED) is 0.694. The van der Waals surface area contributed by atoms with Gasteiger partial charge in [-0.15, -0.1) is 0 Å². The highest BCUT2D eigenvalue weighted by Gasteiger charge is 2.31. The molecule has 4 rings (SSSR count). The van der Waals surface area contributed by atoms with Gasteiger partial charge >= 0.3 is 0 Å². The minimum atomic E-state index is -0.336. The molecule has 1 fully saturated rings. The number of carbonyl (C=O) groups excluding carboxylic acids is 2. The number of carbonyl (C=O) groups is 2. The van der Waals surface area contributed by atoms with Crippen molar-refractivity contribution in [1.82, 2.24) is 5.32 Å². The summed E-state index contributed by atoms with van der Waals surface area (Å²) in [5.74, 6) is 0.597. The van der Waals surface area contributed by atoms with Crippen LogP contribution in [-0.4, -0.2) is 23.0 Å². The molecule has 1 atom stereocenters. The van der Waals surface area contributed by atoms with Crippen LogP contribution in [0.15, 0.2) is 66.7 Å². The fourth-order valence-electron chi connectivity index (χ4n) is 3.14. The molecule has 2 amide bonds. The monoisotopic (exact) mass is 377 g/mol. The van der Waals surface area contributed by atoms with Crippen LogP contribution >= 0.6 is 11.8 Å². The predicted molar refractivity (Wildman–Crippen MR) is 108 cm³/mol. The van der Waals surface area contributed by atoms with Crippen molar-refractivity contribution in [2.45, 2.75) is 18.1 Å². The van der Waals surface area contributed by atoms with Crippen molar-refractivity contribution in [2.24, 2.45) is 0 Å². The Morgan fingerprint density at radius 3 is 2.37 bits per heavy atom. The van der Waals surface area contributed by atoms with E-state index in [9.17, 15) is 9.59 Å². The van der Waals surface area contributed by atoms with Gasteiger partial charge in [0.15, 0.2) is 0 Å². The van der Waals surface area contributed by atoms with Crippen molar-refractivity contribution in [3.63, 3.8) is 0 Å². The first-order valence-electron chi connectivity index (χ1n) is 8.88. The largest absolute Gasteiger partial charge is 0.493 e. The van der Waals surface area contributed by atoms with Gasteiger partial charge in [0.25, 0.3) is 5.24 Å². The van der Waals surface area contributed by atoms with E-state index in [4.69, 9.17) is 4.74 Å². The summed E-state index contributed by atoms with van der Waals surface area (Å²) in [7, 11) is 0. The predicted octanol–water partition coefficient (Wildman–Crippen LogP) is 4.36. The summed E-state index contributed by atoms with van der Waals surface area (Å²) in [5.41, 5.74) is 2.26. The number of nitrogens with one attached hydrogen (secondary N) is 1. The minimum Gasteiger partial charge on any atom is -0.493 e. The molecule has 0 radical (unpaired) electrons. The SMILES string of the molecule is O=C1NC(=O)C(Cc2ccc(OCCc3ccc4ccccc4c3)cc2)S1. The standard InChI is InChI=1S/C22H19NO3S/c24-21-20(27-22(25)23-21)14-15-6-9-19(10-7-15)26-12-11-16-5-8-17-3-1-2-4-18(17)13-16/h1-10,13,20H,11-12,14H2,(H,23,24,25). The molecule has 27 heavy (non-hydrogen) atoms. The highest BCUT2D eigenvalue weighted by molar-refractivity contribution is 8.15. The van der Waals surface area contributed by atoms with E-state index < -0.39 is 0 Å². The molecule has 0 aromatic heterocycles. The molecule has 1 aliphatic rings. The Morgan fingerprint density at radius 1 is 0.889 bits per heavy atom. The fraction of sp³-hybridized carbons (Fsp3) is 0.182. The molecule has 1 aliphatic heterocycles. The molecular weight excluding hydrogens is 358 g/mol. The van der Waals surface area contributed by atoms with E-state index in [0.717, 1.165) is 29.5 Å². The van der Waals surface area contributed by atoms with Crippen LogP contribution in [0.1, 0.15) is 11.1 Å². The number of rotatable bonds is 6. The number of hydrogen-bond acceptors (Lipinski definition) is 4. The summed E-state index contributed by atoms with van der Waals surface area (Å²) in [6.07, 6.45) is 1.38. The average molecular weight is 377 g/mol. The maximum Gasteiger partial charge on any atom is 0.286 e. The van der Waals surface area contributed by atoms with E-state index in [1.165, 1.54) is 16.3 Å². The molecule has 136 valence electrons. The van der Waals surface area contributed by atoms with Crippen LogP contribution in [0, 0.1) is 0 Å². The molecule has 0 saturated carbocycles. The maximum atomic E-state index is 11.6. The van der Waals surface area contributed by atoms with Gasteiger partial charge in [-0.25, -0.2) is 0 Å². The van der Waals surface area contributed by atoms with Gasteiger partial charge in [-0.3, -0.25) is 14.9 Å². The van der Waals surface area contributed by atoms with Gasteiger partial charge in [0, 0.05) is 6.42 Å². The number of imide groups is 1. The van der Waals surface area contributed by atoms with Crippen LogP contribution < -0.4 is 10.1 Å². The molecule has 1 saturated heterocycles. The Kier molecular flexibility index (Phi) is 5.12. The summed E-state index contributed by atoms with van der Waals surface area (Å²) in [6.45, 7) is 0.604. The Morgan fingerprint density at radius 2 is 1.63 bits per heavy atom. The van der Waals surface area contributed by atoms with Crippen LogP contribution in [0.4, 0.5) is 4.79 Å². The third kappa shape index (κ3) is 4.31. The number of amides is 2. The smallest absolute Gasteiger partial charge is 0.286 e. The summed E-state index contributed by atoms with van der Waals surface area (Å²) in [5, 5.41) is 4.20. The first-order valence-corrected chi connectivity index (χ1v) is 9.76. The van der Waals surface area contributed by atoms with Gasteiger partial charge in [0.2, 0.25) is 5.91 Å². The zero-order chi connectivity index (χ0) is 18.6. The van der Waals surface area contributed by atoms with Gasteiger partial charge in [0.1, 0.15) is 5.75 Å². The average Bonchev–Trinajstić information content (AvgIpc) is 3.00. The summed E-state index contributed by atoms with van der Waals surface area (Å²) < 4.78 is 5.85. The van der Waals surface area contributed by atoms with Crippen molar-refractivity contribution >= 4 is 33.7 Å². The number of thioether (sulfide) groups is 1. The van der Waals surface area contributed by atoms with Gasteiger partial charge < -0.3 is 4.74 Å². The summed E-state index contributed by atoms with van der Waals surface area (Å²) in [6, 6.07) is 22.5. The molecule has 0 aliphatic carbocycles. The topological polar surface area (TPSA) is 55.4 Å². The third-order valence-electron chi connectivity index (χ3n) is 4.58. The van der Waals surface area contributed by atoms with E-state index >= 15 is 0 Å². The number of hydrogen-bond donors (Lipinski definition) is 1. The van der Waals surface area contributed by atoms with Crippen LogP contribution in [0.2, 0.25) is 0 Å². The maximum absolute atomic E-state index is 11.6. The Bertz CT molecular complexity index is 984. The fourth-order valence-corrected chi connectivity index (χ4v) is 4.00. The van der Waals surface area contributed by atoms with E-state index in [0.29, 0.717) is 13.0 Å². The molecule has 3 aromatic carbocycles. The van der Waals surface area contributed by atoms with Crippen molar-refractivity contribution in [1.29, 1.82) is 0 Å². The molecule has 1 N–H and O–H groups in total. The Balaban J connectivity index is 1.30. The molecule has 0 spiro atoms. The second-order valence-corrected chi connectivity index (χ2v) is 7.69. The minimum absolute atomic E-state index is 0.208. The van der Waals surface area contributed by atoms with Gasteiger partial charge in [-0.1, -0.05) is 66.4 Å². The van der Waals surface area contributed by atoms with E-state index in [1.54, 1.807) is 0 Å². The number of ether oxygens (including phenoxy) is 1. The van der Waals surface area contributed by atoms with Crippen LogP contribution in [0.3, 0.4) is 0 Å². The van der Waals surface area contributed by atoms with Crippen LogP contribution in [0.25, 0.3) is 10.8 Å². The molecule has 1 heterocycles. The van der Waals surface area contributed by atoms with E-state index in [-0.39, 0.29) is 16.4 Å². The second-order valence-electron chi connectivity index (χ2n) is 6.51. The lowest BCUT2D eigenvalue weighted by molar-refractivity contribution is -0.118. The number of fused-ring (bicyclic) bond motifs is 1. The zero-order valence-corrected chi connectivity index (χ0v) is 15.5. The van der Waals surface area contributed by atoms with Crippen molar-refractivity contribution in [3.05, 3.63) is 77.9 Å². The first-order chi connectivity index (χ1) is 13.2.